The van der Waals surface area contributed by atoms with Crippen LogP contribution in [0.2, 0.25) is 0 Å². The molecule has 0 aliphatic carbocycles. The maximum Gasteiger partial charge on any atom is 0.236 e. The van der Waals surface area contributed by atoms with Gasteiger partial charge in [-0.15, -0.1) is 0 Å². The fourth-order valence-electron chi connectivity index (χ4n) is 2.11. The highest BCUT2D eigenvalue weighted by molar-refractivity contribution is 9.10. The van der Waals surface area contributed by atoms with Gasteiger partial charge in [-0.25, -0.2) is 0 Å². The molecular weight excluding hydrogens is 246 g/mol. The van der Waals surface area contributed by atoms with Crippen LogP contribution in [0.5, 0.6) is 0 Å². The summed E-state index contributed by atoms with van der Waals surface area (Å²) in [4.78, 5) is 13.8. The molecule has 2 atom stereocenters. The number of hydrogen-bond donors (Lipinski definition) is 0. The van der Waals surface area contributed by atoms with Gasteiger partial charge in [0.2, 0.25) is 5.91 Å². The van der Waals surface area contributed by atoms with Crippen molar-refractivity contribution in [1.29, 1.82) is 0 Å². The van der Waals surface area contributed by atoms with Gasteiger partial charge in [0.1, 0.15) is 0 Å². The van der Waals surface area contributed by atoms with Crippen molar-refractivity contribution in [1.82, 2.24) is 4.90 Å². The molecule has 4 heteroatoms. The third-order valence-electron chi connectivity index (χ3n) is 2.97. The van der Waals surface area contributed by atoms with Crippen LogP contribution in [0.15, 0.2) is 0 Å². The van der Waals surface area contributed by atoms with E-state index in [1.165, 1.54) is 0 Å². The summed E-state index contributed by atoms with van der Waals surface area (Å²) in [5.41, 5.74) is 0. The Morgan fingerprint density at radius 1 is 1.50 bits per heavy atom. The van der Waals surface area contributed by atoms with E-state index in [1.54, 1.807) is 0 Å². The Bertz CT molecular complexity index is 216. The summed E-state index contributed by atoms with van der Waals surface area (Å²) >= 11 is 3.42. The standard InChI is InChI=1S/C10H16BrNO2/c11-9-2-1-4-12(10(9)13)6-8-3-5-14-7-8/h8-9H,1-7H2. The second-order valence-electron chi connectivity index (χ2n) is 4.12. The van der Waals surface area contributed by atoms with Crippen LogP contribution in [0, 0.1) is 5.92 Å². The van der Waals surface area contributed by atoms with Crippen LogP contribution in [0.25, 0.3) is 0 Å². The van der Waals surface area contributed by atoms with Gasteiger partial charge in [0.25, 0.3) is 0 Å². The Balaban J connectivity index is 1.86. The molecule has 80 valence electrons. The summed E-state index contributed by atoms with van der Waals surface area (Å²) in [6.45, 7) is 3.51. The lowest BCUT2D eigenvalue weighted by molar-refractivity contribution is -0.133. The van der Waals surface area contributed by atoms with Crippen LogP contribution in [0.3, 0.4) is 0 Å². The van der Waals surface area contributed by atoms with Gasteiger partial charge in [-0.1, -0.05) is 15.9 Å². The molecule has 0 N–H and O–H groups in total. The number of carbonyl (C=O) groups excluding carboxylic acids is 1. The monoisotopic (exact) mass is 261 g/mol. The third kappa shape index (κ3) is 2.28. The molecule has 2 aliphatic rings. The SMILES string of the molecule is O=C1C(Br)CCCN1CC1CCOC1. The Labute approximate surface area is 92.9 Å². The number of rotatable bonds is 2. The molecule has 2 saturated heterocycles. The summed E-state index contributed by atoms with van der Waals surface area (Å²) in [7, 11) is 0. The van der Waals surface area contributed by atoms with Crippen molar-refractivity contribution in [3.8, 4) is 0 Å². The molecule has 0 bridgehead atoms. The number of nitrogens with zero attached hydrogens (tertiary/aromatic N) is 1. The molecule has 14 heavy (non-hydrogen) atoms. The van der Waals surface area contributed by atoms with Gasteiger partial charge >= 0.3 is 0 Å². The highest BCUT2D eigenvalue weighted by Gasteiger charge is 2.29. The molecule has 0 aromatic carbocycles. The van der Waals surface area contributed by atoms with Crippen LogP contribution in [-0.4, -0.2) is 41.9 Å². The fourth-order valence-corrected chi connectivity index (χ4v) is 2.73. The molecule has 0 aromatic rings. The number of hydrogen-bond acceptors (Lipinski definition) is 2. The minimum absolute atomic E-state index is 0.0542. The lowest BCUT2D eigenvalue weighted by atomic mass is 10.1. The average Bonchev–Trinajstić information content (AvgIpc) is 2.66. The van der Waals surface area contributed by atoms with Crippen molar-refractivity contribution < 1.29 is 9.53 Å². The molecule has 2 rings (SSSR count). The van der Waals surface area contributed by atoms with Crippen LogP contribution in [-0.2, 0) is 9.53 Å². The molecule has 2 unspecified atom stereocenters. The maximum atomic E-state index is 11.8. The molecule has 0 saturated carbocycles. The molecule has 0 aromatic heterocycles. The largest absolute Gasteiger partial charge is 0.381 e. The normalized spacial score (nSPS) is 33.8. The fraction of sp³-hybridized carbons (Fsp3) is 0.900. The number of piperidine rings is 1. The highest BCUT2D eigenvalue weighted by atomic mass is 79.9. The van der Waals surface area contributed by atoms with Gasteiger partial charge in [0.15, 0.2) is 0 Å². The first-order valence-electron chi connectivity index (χ1n) is 5.28. The quantitative estimate of drug-likeness (QED) is 0.704. The van der Waals surface area contributed by atoms with Gasteiger partial charge in [-0.05, 0) is 19.3 Å². The van der Waals surface area contributed by atoms with E-state index >= 15 is 0 Å². The summed E-state index contributed by atoms with van der Waals surface area (Å²) in [6, 6.07) is 0. The van der Waals surface area contributed by atoms with E-state index in [4.69, 9.17) is 4.74 Å². The van der Waals surface area contributed by atoms with E-state index < -0.39 is 0 Å². The maximum absolute atomic E-state index is 11.8. The zero-order chi connectivity index (χ0) is 9.97. The number of likely N-dealkylation sites (tertiary alicyclic amines) is 1. The zero-order valence-corrected chi connectivity index (χ0v) is 9.83. The summed E-state index contributed by atoms with van der Waals surface area (Å²) in [5.74, 6) is 0.833. The van der Waals surface area contributed by atoms with Crippen molar-refractivity contribution in [3.63, 3.8) is 0 Å². The average molecular weight is 262 g/mol. The smallest absolute Gasteiger partial charge is 0.236 e. The molecule has 0 spiro atoms. The van der Waals surface area contributed by atoms with Crippen LogP contribution in [0.1, 0.15) is 19.3 Å². The second kappa shape index (κ2) is 4.62. The summed E-state index contributed by atoms with van der Waals surface area (Å²) in [6.07, 6.45) is 3.21. The first-order valence-corrected chi connectivity index (χ1v) is 6.19. The predicted molar refractivity (Wildman–Crippen MR) is 57.5 cm³/mol. The molecule has 3 nitrogen and oxygen atoms in total. The molecule has 1 amide bonds. The van der Waals surface area contributed by atoms with E-state index in [0.717, 1.165) is 45.6 Å². The van der Waals surface area contributed by atoms with Crippen LogP contribution >= 0.6 is 15.9 Å². The number of carbonyl (C=O) groups is 1. The van der Waals surface area contributed by atoms with Crippen LogP contribution in [0.4, 0.5) is 0 Å². The molecule has 2 aliphatic heterocycles. The lowest BCUT2D eigenvalue weighted by Gasteiger charge is -2.31. The first kappa shape index (κ1) is 10.4. The van der Waals surface area contributed by atoms with Crippen molar-refractivity contribution >= 4 is 21.8 Å². The van der Waals surface area contributed by atoms with E-state index in [0.29, 0.717) is 5.92 Å². The number of alkyl halides is 1. The topological polar surface area (TPSA) is 29.5 Å². The van der Waals surface area contributed by atoms with Gasteiger partial charge in [-0.3, -0.25) is 4.79 Å². The van der Waals surface area contributed by atoms with E-state index in [-0.39, 0.29) is 10.7 Å². The Kier molecular flexibility index (Phi) is 3.44. The Morgan fingerprint density at radius 2 is 2.36 bits per heavy atom. The number of ether oxygens (including phenoxy) is 1. The van der Waals surface area contributed by atoms with Gasteiger partial charge < -0.3 is 9.64 Å². The Morgan fingerprint density at radius 3 is 3.07 bits per heavy atom. The molecule has 2 fully saturated rings. The third-order valence-corrected chi connectivity index (χ3v) is 3.82. The van der Waals surface area contributed by atoms with Gasteiger partial charge in [-0.2, -0.15) is 0 Å². The van der Waals surface area contributed by atoms with Crippen molar-refractivity contribution in [2.24, 2.45) is 5.92 Å². The summed E-state index contributed by atoms with van der Waals surface area (Å²) in [5, 5.41) is 0. The number of amides is 1. The predicted octanol–water partition coefficient (Wildman–Crippen LogP) is 1.41. The second-order valence-corrected chi connectivity index (χ2v) is 5.23. The van der Waals surface area contributed by atoms with Gasteiger partial charge in [0.05, 0.1) is 11.4 Å². The summed E-state index contributed by atoms with van der Waals surface area (Å²) < 4.78 is 5.31. The Hall–Kier alpha value is -0.0900. The van der Waals surface area contributed by atoms with Crippen molar-refractivity contribution in [2.45, 2.75) is 24.1 Å². The minimum Gasteiger partial charge on any atom is -0.381 e. The van der Waals surface area contributed by atoms with E-state index in [9.17, 15) is 4.79 Å². The molecule has 0 radical (unpaired) electrons. The minimum atomic E-state index is 0.0542. The van der Waals surface area contributed by atoms with Crippen LogP contribution < -0.4 is 0 Å². The lowest BCUT2D eigenvalue weighted by Crippen LogP contribution is -2.44. The number of halogens is 1. The first-order chi connectivity index (χ1) is 6.77. The highest BCUT2D eigenvalue weighted by Crippen LogP contribution is 2.21. The van der Waals surface area contributed by atoms with Crippen molar-refractivity contribution in [2.75, 3.05) is 26.3 Å². The van der Waals surface area contributed by atoms with E-state index in [1.807, 2.05) is 4.90 Å². The van der Waals surface area contributed by atoms with Gasteiger partial charge in [0, 0.05) is 25.6 Å². The van der Waals surface area contributed by atoms with Crippen molar-refractivity contribution in [3.05, 3.63) is 0 Å². The van der Waals surface area contributed by atoms with E-state index in [2.05, 4.69) is 15.9 Å². The molecular formula is C10H16BrNO2. The molecule has 2 heterocycles. The zero-order valence-electron chi connectivity index (χ0n) is 8.25.